The average molecular weight is 341 g/mol. The number of urea groups is 1. The van der Waals surface area contributed by atoms with Gasteiger partial charge in [0.1, 0.15) is 0 Å². The minimum absolute atomic E-state index is 0.142. The zero-order chi connectivity index (χ0) is 18.2. The molecule has 0 spiro atoms. The van der Waals surface area contributed by atoms with E-state index in [1.807, 2.05) is 30.3 Å². The Morgan fingerprint density at radius 3 is 2.36 bits per heavy atom. The first-order valence-electron chi connectivity index (χ1n) is 7.58. The number of hydrogen-bond donors (Lipinski definition) is 3. The smallest absolute Gasteiger partial charge is 0.340 e. The standard InChI is InChI=1S/C18H19N3O4/c1-12(22)20-14-8-9-16(15(10-14)17(23)25-2)21-18(24)19-11-13-6-4-3-5-7-13/h3-10H,11H2,1-2H3,(H,20,22)(H2,19,21,24). The summed E-state index contributed by atoms with van der Waals surface area (Å²) in [5, 5.41) is 7.90. The van der Waals surface area contributed by atoms with Crippen LogP contribution in [-0.2, 0) is 16.1 Å². The van der Waals surface area contributed by atoms with E-state index in [0.717, 1.165) is 5.56 Å². The molecule has 0 bridgehead atoms. The van der Waals surface area contributed by atoms with Crippen molar-refractivity contribution in [3.63, 3.8) is 0 Å². The Kier molecular flexibility index (Phi) is 6.11. The van der Waals surface area contributed by atoms with E-state index >= 15 is 0 Å². The highest BCUT2D eigenvalue weighted by Gasteiger charge is 2.15. The molecule has 2 aromatic rings. The van der Waals surface area contributed by atoms with Crippen molar-refractivity contribution in [1.29, 1.82) is 0 Å². The lowest BCUT2D eigenvalue weighted by Crippen LogP contribution is -2.29. The van der Waals surface area contributed by atoms with E-state index in [1.54, 1.807) is 6.07 Å². The van der Waals surface area contributed by atoms with Crippen LogP contribution >= 0.6 is 0 Å². The summed E-state index contributed by atoms with van der Waals surface area (Å²) in [4.78, 5) is 35.1. The molecule has 0 saturated heterocycles. The zero-order valence-corrected chi connectivity index (χ0v) is 14.0. The van der Waals surface area contributed by atoms with E-state index in [2.05, 4.69) is 16.0 Å². The molecular formula is C18H19N3O4. The van der Waals surface area contributed by atoms with Gasteiger partial charge in [0.05, 0.1) is 18.4 Å². The monoisotopic (exact) mass is 341 g/mol. The zero-order valence-electron chi connectivity index (χ0n) is 14.0. The molecule has 3 amide bonds. The number of carbonyl (C=O) groups is 3. The molecule has 0 saturated carbocycles. The molecule has 0 aromatic heterocycles. The van der Waals surface area contributed by atoms with Gasteiger partial charge in [-0.3, -0.25) is 4.79 Å². The Morgan fingerprint density at radius 2 is 1.72 bits per heavy atom. The van der Waals surface area contributed by atoms with E-state index in [1.165, 1.54) is 26.2 Å². The van der Waals surface area contributed by atoms with Crippen LogP contribution in [0.3, 0.4) is 0 Å². The molecule has 0 radical (unpaired) electrons. The fourth-order valence-corrected chi connectivity index (χ4v) is 2.16. The molecule has 7 heteroatoms. The van der Waals surface area contributed by atoms with E-state index in [4.69, 9.17) is 4.74 Å². The summed E-state index contributed by atoms with van der Waals surface area (Å²) in [5.74, 6) is -0.886. The Bertz CT molecular complexity index is 775. The molecule has 25 heavy (non-hydrogen) atoms. The van der Waals surface area contributed by atoms with Gasteiger partial charge >= 0.3 is 12.0 Å². The summed E-state index contributed by atoms with van der Waals surface area (Å²) < 4.78 is 4.72. The SMILES string of the molecule is COC(=O)c1cc(NC(C)=O)ccc1NC(=O)NCc1ccccc1. The fraction of sp³-hybridized carbons (Fsp3) is 0.167. The van der Waals surface area contributed by atoms with Gasteiger partial charge in [-0.1, -0.05) is 30.3 Å². The van der Waals surface area contributed by atoms with E-state index in [9.17, 15) is 14.4 Å². The Labute approximate surface area is 145 Å². The largest absolute Gasteiger partial charge is 0.465 e. The maximum Gasteiger partial charge on any atom is 0.340 e. The Morgan fingerprint density at radius 1 is 1.00 bits per heavy atom. The second kappa shape index (κ2) is 8.49. The van der Waals surface area contributed by atoms with Gasteiger partial charge < -0.3 is 20.7 Å². The minimum atomic E-state index is -0.620. The van der Waals surface area contributed by atoms with Crippen LogP contribution in [-0.4, -0.2) is 25.0 Å². The molecule has 130 valence electrons. The van der Waals surface area contributed by atoms with Gasteiger partial charge in [-0.25, -0.2) is 9.59 Å². The Hall–Kier alpha value is -3.35. The first-order valence-corrected chi connectivity index (χ1v) is 7.58. The van der Waals surface area contributed by atoms with Crippen LogP contribution in [0.2, 0.25) is 0 Å². The first-order chi connectivity index (χ1) is 12.0. The number of anilines is 2. The predicted molar refractivity (Wildman–Crippen MR) is 94.4 cm³/mol. The predicted octanol–water partition coefficient (Wildman–Crippen LogP) is 2.75. The number of benzene rings is 2. The van der Waals surface area contributed by atoms with Crippen LogP contribution in [0.1, 0.15) is 22.8 Å². The molecule has 2 rings (SSSR count). The lowest BCUT2D eigenvalue weighted by molar-refractivity contribution is -0.114. The van der Waals surface area contributed by atoms with Crippen LogP contribution < -0.4 is 16.0 Å². The molecule has 3 N–H and O–H groups in total. The highest BCUT2D eigenvalue weighted by atomic mass is 16.5. The Balaban J connectivity index is 2.10. The van der Waals surface area contributed by atoms with Crippen LogP contribution in [0, 0.1) is 0 Å². The lowest BCUT2D eigenvalue weighted by atomic mass is 10.1. The van der Waals surface area contributed by atoms with E-state index in [-0.39, 0.29) is 17.2 Å². The van der Waals surface area contributed by atoms with Gasteiger partial charge in [0.25, 0.3) is 0 Å². The van der Waals surface area contributed by atoms with Crippen molar-refractivity contribution in [3.8, 4) is 0 Å². The number of methoxy groups -OCH3 is 1. The second-order valence-electron chi connectivity index (χ2n) is 5.23. The number of rotatable bonds is 5. The number of carbonyl (C=O) groups excluding carboxylic acids is 3. The van der Waals surface area contributed by atoms with Crippen molar-refractivity contribution < 1.29 is 19.1 Å². The fourth-order valence-electron chi connectivity index (χ4n) is 2.16. The van der Waals surface area contributed by atoms with Gasteiger partial charge in [-0.15, -0.1) is 0 Å². The van der Waals surface area contributed by atoms with E-state index < -0.39 is 12.0 Å². The van der Waals surface area contributed by atoms with E-state index in [0.29, 0.717) is 12.2 Å². The molecular weight excluding hydrogens is 322 g/mol. The summed E-state index contributed by atoms with van der Waals surface area (Å²) in [7, 11) is 1.24. The van der Waals surface area contributed by atoms with Crippen LogP contribution in [0.15, 0.2) is 48.5 Å². The van der Waals surface area contributed by atoms with Crippen LogP contribution in [0.4, 0.5) is 16.2 Å². The molecule has 0 aliphatic heterocycles. The van der Waals surface area contributed by atoms with Crippen LogP contribution in [0.25, 0.3) is 0 Å². The summed E-state index contributed by atoms with van der Waals surface area (Å²) in [5.41, 5.74) is 1.81. The summed E-state index contributed by atoms with van der Waals surface area (Å²) in [6.07, 6.45) is 0. The van der Waals surface area contributed by atoms with Crippen molar-refractivity contribution in [2.45, 2.75) is 13.5 Å². The molecule has 0 aliphatic carbocycles. The third-order valence-corrected chi connectivity index (χ3v) is 3.29. The highest BCUT2D eigenvalue weighted by molar-refractivity contribution is 6.02. The van der Waals surface area contributed by atoms with Crippen LogP contribution in [0.5, 0.6) is 0 Å². The number of esters is 1. The lowest BCUT2D eigenvalue weighted by Gasteiger charge is -2.13. The minimum Gasteiger partial charge on any atom is -0.465 e. The van der Waals surface area contributed by atoms with Crippen molar-refractivity contribution in [2.24, 2.45) is 0 Å². The summed E-state index contributed by atoms with van der Waals surface area (Å²) in [6.45, 7) is 1.71. The molecule has 2 aromatic carbocycles. The average Bonchev–Trinajstić information content (AvgIpc) is 2.61. The number of ether oxygens (including phenoxy) is 1. The number of hydrogen-bond acceptors (Lipinski definition) is 4. The molecule has 0 heterocycles. The maximum atomic E-state index is 12.1. The van der Waals surface area contributed by atoms with Crippen molar-refractivity contribution in [2.75, 3.05) is 17.7 Å². The summed E-state index contributed by atoms with van der Waals surface area (Å²) in [6, 6.07) is 13.5. The topological polar surface area (TPSA) is 96.5 Å². The highest BCUT2D eigenvalue weighted by Crippen LogP contribution is 2.21. The second-order valence-corrected chi connectivity index (χ2v) is 5.23. The van der Waals surface area contributed by atoms with Crippen molar-refractivity contribution in [1.82, 2.24) is 5.32 Å². The van der Waals surface area contributed by atoms with Crippen molar-refractivity contribution in [3.05, 3.63) is 59.7 Å². The summed E-state index contributed by atoms with van der Waals surface area (Å²) >= 11 is 0. The third kappa shape index (κ3) is 5.35. The third-order valence-electron chi connectivity index (χ3n) is 3.29. The van der Waals surface area contributed by atoms with Crippen molar-refractivity contribution >= 4 is 29.3 Å². The van der Waals surface area contributed by atoms with Gasteiger partial charge in [0, 0.05) is 19.2 Å². The molecule has 0 aliphatic rings. The number of amides is 3. The molecule has 0 atom stereocenters. The molecule has 0 unspecified atom stereocenters. The normalized spacial score (nSPS) is 9.84. The quantitative estimate of drug-likeness (QED) is 0.729. The van der Waals surface area contributed by atoms with Gasteiger partial charge in [-0.05, 0) is 23.8 Å². The van der Waals surface area contributed by atoms with Gasteiger partial charge in [0.15, 0.2) is 0 Å². The van der Waals surface area contributed by atoms with Gasteiger partial charge in [-0.2, -0.15) is 0 Å². The maximum absolute atomic E-state index is 12.1. The molecule has 0 fully saturated rings. The number of nitrogens with one attached hydrogen (secondary N) is 3. The van der Waals surface area contributed by atoms with Gasteiger partial charge in [0.2, 0.25) is 5.91 Å². The molecule has 7 nitrogen and oxygen atoms in total. The first kappa shape index (κ1) is 18.0.